The van der Waals surface area contributed by atoms with E-state index >= 15 is 0 Å². The van der Waals surface area contributed by atoms with Crippen LogP contribution in [0.3, 0.4) is 0 Å². The number of hydrogen-bond donors (Lipinski definition) is 5. The summed E-state index contributed by atoms with van der Waals surface area (Å²) in [5.41, 5.74) is -0.0913. The van der Waals surface area contributed by atoms with E-state index in [1.807, 2.05) is 0 Å². The molecule has 3 aromatic carbocycles. The number of aliphatic hydroxyl groups is 3. The van der Waals surface area contributed by atoms with E-state index in [9.17, 15) is 30.0 Å². The molecular formula is C23H21N3O6. The van der Waals surface area contributed by atoms with Gasteiger partial charge in [0.2, 0.25) is 0 Å². The van der Waals surface area contributed by atoms with E-state index in [1.54, 1.807) is 42.5 Å². The van der Waals surface area contributed by atoms with Crippen LogP contribution in [-0.4, -0.2) is 68.8 Å². The number of nitrogens with one attached hydrogen (secondary N) is 1. The molecule has 1 aliphatic heterocycles. The van der Waals surface area contributed by atoms with Gasteiger partial charge in [0.15, 0.2) is 0 Å². The van der Waals surface area contributed by atoms with Crippen molar-refractivity contribution < 1.29 is 30.0 Å². The maximum absolute atomic E-state index is 13.1. The zero-order valence-corrected chi connectivity index (χ0v) is 16.9. The smallest absolute Gasteiger partial charge is 0.282 e. The van der Waals surface area contributed by atoms with E-state index in [1.165, 1.54) is 18.3 Å². The first-order chi connectivity index (χ1) is 15.4. The Balaban J connectivity index is 1.78. The maximum Gasteiger partial charge on any atom is 0.282 e. The average molecular weight is 435 g/mol. The van der Waals surface area contributed by atoms with E-state index in [4.69, 9.17) is 0 Å². The molecule has 0 aromatic heterocycles. The van der Waals surface area contributed by atoms with Gasteiger partial charge < -0.3 is 25.7 Å². The third-order valence-electron chi connectivity index (χ3n) is 5.44. The number of aliphatic hydroxyl groups excluding tert-OH is 3. The first kappa shape index (κ1) is 21.4. The molecule has 9 heteroatoms. The van der Waals surface area contributed by atoms with Gasteiger partial charge in [-0.2, -0.15) is 10.1 Å². The molecule has 0 radical (unpaired) electrons. The van der Waals surface area contributed by atoms with Gasteiger partial charge in [0.05, 0.1) is 37.2 Å². The molecule has 0 saturated heterocycles. The Hall–Kier alpha value is -3.79. The molecular weight excluding hydrogens is 414 g/mol. The number of hydrogen-bond acceptors (Lipinski definition) is 8. The van der Waals surface area contributed by atoms with Crippen molar-refractivity contribution >= 4 is 34.5 Å². The van der Waals surface area contributed by atoms with Gasteiger partial charge in [0.25, 0.3) is 11.8 Å². The van der Waals surface area contributed by atoms with Crippen molar-refractivity contribution in [2.24, 2.45) is 5.10 Å². The van der Waals surface area contributed by atoms with Gasteiger partial charge in [0, 0.05) is 22.0 Å². The summed E-state index contributed by atoms with van der Waals surface area (Å²) in [4.78, 5) is 26.1. The second kappa shape index (κ2) is 8.39. The van der Waals surface area contributed by atoms with Crippen molar-refractivity contribution in [1.82, 2.24) is 5.01 Å². The van der Waals surface area contributed by atoms with Crippen LogP contribution in [0.1, 0.15) is 26.3 Å². The van der Waals surface area contributed by atoms with E-state index in [0.717, 1.165) is 5.01 Å². The number of imide groups is 1. The third-order valence-corrected chi connectivity index (χ3v) is 5.44. The number of para-hydroxylation sites is 1. The first-order valence-corrected chi connectivity index (χ1v) is 9.82. The predicted molar refractivity (Wildman–Crippen MR) is 118 cm³/mol. The molecule has 0 fully saturated rings. The second-order valence-corrected chi connectivity index (χ2v) is 7.49. The lowest BCUT2D eigenvalue weighted by atomic mass is 9.92. The number of hydrazone groups is 1. The largest absolute Gasteiger partial charge is 0.507 e. The molecule has 32 heavy (non-hydrogen) atoms. The van der Waals surface area contributed by atoms with Crippen LogP contribution in [0.4, 0.5) is 5.69 Å². The molecule has 4 rings (SSSR count). The van der Waals surface area contributed by atoms with Gasteiger partial charge >= 0.3 is 0 Å². The fourth-order valence-electron chi connectivity index (χ4n) is 3.57. The molecule has 9 nitrogen and oxygen atoms in total. The van der Waals surface area contributed by atoms with Gasteiger partial charge in [-0.25, -0.2) is 0 Å². The highest BCUT2D eigenvalue weighted by Gasteiger charge is 2.35. The lowest BCUT2D eigenvalue weighted by Crippen LogP contribution is -2.49. The third kappa shape index (κ3) is 3.48. The summed E-state index contributed by atoms with van der Waals surface area (Å²) in [6.45, 7) is -1.60. The minimum atomic E-state index is -1.38. The lowest BCUT2D eigenvalue weighted by molar-refractivity contribution is 0.0616. The quantitative estimate of drug-likeness (QED) is 0.278. The standard InChI is InChI=1S/C23H21N3O6/c27-11-23(12-28,13-29)25-18-9-8-17-20-15(18)5-3-6-16(20)21(31)26(22(17)32)24-10-14-4-1-2-7-19(14)30/h1-10,25,27-30H,11-13H2/b24-10+. The van der Waals surface area contributed by atoms with Gasteiger partial charge in [-0.3, -0.25) is 9.59 Å². The zero-order chi connectivity index (χ0) is 22.9. The number of aromatic hydroxyl groups is 1. The van der Waals surface area contributed by atoms with E-state index in [2.05, 4.69) is 10.4 Å². The van der Waals surface area contributed by atoms with Gasteiger partial charge in [0.1, 0.15) is 11.3 Å². The molecule has 0 atom stereocenters. The topological polar surface area (TPSA) is 143 Å². The van der Waals surface area contributed by atoms with Crippen LogP contribution >= 0.6 is 0 Å². The van der Waals surface area contributed by atoms with E-state index in [0.29, 0.717) is 22.0 Å². The Morgan fingerprint density at radius 3 is 2.19 bits per heavy atom. The number of phenols is 1. The van der Waals surface area contributed by atoms with Crippen LogP contribution in [0, 0.1) is 0 Å². The predicted octanol–water partition coefficient (Wildman–Crippen LogP) is 1.30. The second-order valence-electron chi connectivity index (χ2n) is 7.49. The SMILES string of the molecule is O=C1c2cccc3c(NC(CO)(CO)CO)ccc(c23)C(=O)N1/N=C/c1ccccc1O. The Bertz CT molecular complexity index is 1210. The van der Waals surface area contributed by atoms with Crippen LogP contribution in [-0.2, 0) is 0 Å². The number of carbonyl (C=O) groups is 2. The fraction of sp³-hybridized carbons (Fsp3) is 0.174. The molecule has 0 aliphatic carbocycles. The summed E-state index contributed by atoms with van der Waals surface area (Å²) >= 11 is 0. The number of amides is 2. The number of anilines is 1. The Kier molecular flexibility index (Phi) is 5.62. The molecule has 0 saturated carbocycles. The number of benzene rings is 3. The highest BCUT2D eigenvalue weighted by atomic mass is 16.3. The normalized spacial score (nSPS) is 13.9. The monoisotopic (exact) mass is 435 g/mol. The molecule has 1 heterocycles. The molecule has 164 valence electrons. The fourth-order valence-corrected chi connectivity index (χ4v) is 3.57. The summed E-state index contributed by atoms with van der Waals surface area (Å²) < 4.78 is 0. The highest BCUT2D eigenvalue weighted by Crippen LogP contribution is 2.35. The molecule has 0 unspecified atom stereocenters. The van der Waals surface area contributed by atoms with Gasteiger partial charge in [-0.15, -0.1) is 0 Å². The average Bonchev–Trinajstić information content (AvgIpc) is 2.82. The number of phenolic OH excluding ortho intramolecular Hbond substituents is 1. The van der Waals surface area contributed by atoms with Crippen LogP contribution in [0.2, 0.25) is 0 Å². The minimum absolute atomic E-state index is 0.0356. The number of rotatable bonds is 7. The summed E-state index contributed by atoms with van der Waals surface area (Å²) in [5, 5.41) is 47.4. The molecule has 0 spiro atoms. The maximum atomic E-state index is 13.1. The van der Waals surface area contributed by atoms with Crippen LogP contribution in [0.15, 0.2) is 59.7 Å². The van der Waals surface area contributed by atoms with E-state index in [-0.39, 0.29) is 16.9 Å². The van der Waals surface area contributed by atoms with Crippen molar-refractivity contribution in [2.75, 3.05) is 25.1 Å². The van der Waals surface area contributed by atoms with Crippen molar-refractivity contribution in [1.29, 1.82) is 0 Å². The number of nitrogens with zero attached hydrogens (tertiary/aromatic N) is 2. The van der Waals surface area contributed by atoms with Crippen molar-refractivity contribution in [3.05, 3.63) is 71.3 Å². The molecule has 0 bridgehead atoms. The summed E-state index contributed by atoms with van der Waals surface area (Å²) in [7, 11) is 0. The molecule has 5 N–H and O–H groups in total. The van der Waals surface area contributed by atoms with E-state index < -0.39 is 37.2 Å². The summed E-state index contributed by atoms with van der Waals surface area (Å²) in [5.74, 6) is -1.30. The van der Waals surface area contributed by atoms with Crippen molar-refractivity contribution in [3.63, 3.8) is 0 Å². The van der Waals surface area contributed by atoms with Crippen LogP contribution < -0.4 is 5.32 Å². The van der Waals surface area contributed by atoms with Crippen LogP contribution in [0.25, 0.3) is 10.8 Å². The molecule has 1 aliphatic rings. The minimum Gasteiger partial charge on any atom is -0.507 e. The van der Waals surface area contributed by atoms with Crippen LogP contribution in [0.5, 0.6) is 5.75 Å². The summed E-state index contributed by atoms with van der Waals surface area (Å²) in [6.07, 6.45) is 1.24. The summed E-state index contributed by atoms with van der Waals surface area (Å²) in [6, 6.07) is 14.4. The first-order valence-electron chi connectivity index (χ1n) is 9.82. The lowest BCUT2D eigenvalue weighted by Gasteiger charge is -2.31. The Morgan fingerprint density at radius 1 is 0.875 bits per heavy atom. The zero-order valence-electron chi connectivity index (χ0n) is 16.9. The Morgan fingerprint density at radius 2 is 1.53 bits per heavy atom. The van der Waals surface area contributed by atoms with Crippen molar-refractivity contribution in [3.8, 4) is 5.75 Å². The van der Waals surface area contributed by atoms with Gasteiger partial charge in [-0.05, 0) is 30.3 Å². The number of carbonyl (C=O) groups excluding carboxylic acids is 2. The van der Waals surface area contributed by atoms with Gasteiger partial charge in [-0.1, -0.05) is 24.3 Å². The molecule has 2 amide bonds. The highest BCUT2D eigenvalue weighted by molar-refractivity contribution is 6.26. The Labute approximate surface area is 182 Å². The van der Waals surface area contributed by atoms with Crippen molar-refractivity contribution in [2.45, 2.75) is 5.54 Å². The molecule has 3 aromatic rings.